The summed E-state index contributed by atoms with van der Waals surface area (Å²) < 4.78 is 33.2. The van der Waals surface area contributed by atoms with Crippen molar-refractivity contribution in [2.75, 3.05) is 6.54 Å². The topological polar surface area (TPSA) is 62.5 Å². The third-order valence-corrected chi connectivity index (χ3v) is 3.51. The lowest BCUT2D eigenvalue weighted by molar-refractivity contribution is -0.141. The average molecular weight is 267 g/mol. The summed E-state index contributed by atoms with van der Waals surface area (Å²) in [5.74, 6) is -2.99. The van der Waals surface area contributed by atoms with Crippen LogP contribution >= 0.6 is 0 Å². The Hall–Kier alpha value is -1.95. The molecule has 3 rings (SSSR count). The maximum Gasteiger partial charge on any atom is 0.307 e. The molecule has 0 amide bonds. The fourth-order valence-electron chi connectivity index (χ4n) is 2.52. The molecule has 0 radical (unpaired) electrons. The van der Waals surface area contributed by atoms with Crippen LogP contribution in [0.25, 0.3) is 11.0 Å². The first-order valence-corrected chi connectivity index (χ1v) is 5.89. The van der Waals surface area contributed by atoms with E-state index in [1.54, 1.807) is 0 Å². The van der Waals surface area contributed by atoms with Gasteiger partial charge in [-0.25, -0.2) is 8.78 Å². The molecular formula is C13H11F2NO3. The molecule has 0 bridgehead atoms. The van der Waals surface area contributed by atoms with Gasteiger partial charge in [-0.15, -0.1) is 0 Å². The Morgan fingerprint density at radius 3 is 2.95 bits per heavy atom. The molecule has 1 aromatic heterocycles. The molecule has 4 nitrogen and oxygen atoms in total. The van der Waals surface area contributed by atoms with Crippen LogP contribution in [0.1, 0.15) is 18.0 Å². The number of nitrogens with one attached hydrogen (secondary N) is 1. The number of aliphatic carboxylic acids is 1. The van der Waals surface area contributed by atoms with Crippen molar-refractivity contribution in [2.45, 2.75) is 12.5 Å². The number of fused-ring (bicyclic) bond motifs is 1. The maximum absolute atomic E-state index is 14.3. The van der Waals surface area contributed by atoms with E-state index in [0.717, 1.165) is 6.07 Å². The molecule has 1 aromatic carbocycles. The highest BCUT2D eigenvalue weighted by Gasteiger charge is 2.34. The van der Waals surface area contributed by atoms with Crippen LogP contribution < -0.4 is 5.32 Å². The molecule has 2 atom stereocenters. The first kappa shape index (κ1) is 12.1. The molecule has 0 spiro atoms. The zero-order valence-electron chi connectivity index (χ0n) is 9.82. The van der Waals surface area contributed by atoms with E-state index < -0.39 is 29.6 Å². The summed E-state index contributed by atoms with van der Waals surface area (Å²) in [5.41, 5.74) is 0.0316. The van der Waals surface area contributed by atoms with Gasteiger partial charge in [0, 0.05) is 24.2 Å². The van der Waals surface area contributed by atoms with Gasteiger partial charge in [0.1, 0.15) is 17.2 Å². The molecule has 2 N–H and O–H groups in total. The Kier molecular flexibility index (Phi) is 2.74. The van der Waals surface area contributed by atoms with E-state index >= 15 is 0 Å². The summed E-state index contributed by atoms with van der Waals surface area (Å²) in [7, 11) is 0. The van der Waals surface area contributed by atoms with Crippen molar-refractivity contribution in [1.29, 1.82) is 0 Å². The van der Waals surface area contributed by atoms with E-state index in [-0.39, 0.29) is 29.5 Å². The number of hydrogen-bond donors (Lipinski definition) is 2. The zero-order valence-corrected chi connectivity index (χ0v) is 9.82. The van der Waals surface area contributed by atoms with E-state index in [2.05, 4.69) is 5.32 Å². The first-order valence-electron chi connectivity index (χ1n) is 5.89. The number of rotatable bonds is 2. The van der Waals surface area contributed by atoms with E-state index in [1.807, 2.05) is 0 Å². The van der Waals surface area contributed by atoms with Gasteiger partial charge in [-0.2, -0.15) is 0 Å². The monoisotopic (exact) mass is 267 g/mol. The van der Waals surface area contributed by atoms with E-state index in [9.17, 15) is 13.6 Å². The lowest BCUT2D eigenvalue weighted by atomic mass is 9.98. The van der Waals surface area contributed by atoms with Gasteiger partial charge < -0.3 is 14.8 Å². The quantitative estimate of drug-likeness (QED) is 0.877. The maximum atomic E-state index is 14.3. The molecule has 2 aromatic rings. The predicted molar refractivity (Wildman–Crippen MR) is 62.6 cm³/mol. The Morgan fingerprint density at radius 1 is 1.47 bits per heavy atom. The highest BCUT2D eigenvalue weighted by atomic mass is 19.1. The molecule has 0 saturated carbocycles. The van der Waals surface area contributed by atoms with Gasteiger partial charge in [0.2, 0.25) is 0 Å². The van der Waals surface area contributed by atoms with Crippen LogP contribution in [-0.2, 0) is 4.79 Å². The molecule has 6 heteroatoms. The van der Waals surface area contributed by atoms with E-state index in [1.165, 1.54) is 12.3 Å². The van der Waals surface area contributed by atoms with Crippen molar-refractivity contribution >= 4 is 16.9 Å². The Balaban J connectivity index is 2.03. The second kappa shape index (κ2) is 4.31. The number of furan rings is 1. The number of carboxylic acids is 1. The zero-order chi connectivity index (χ0) is 13.6. The van der Waals surface area contributed by atoms with Crippen molar-refractivity contribution < 1.29 is 23.1 Å². The smallest absolute Gasteiger partial charge is 0.307 e. The van der Waals surface area contributed by atoms with Crippen molar-refractivity contribution in [3.8, 4) is 0 Å². The molecule has 1 aliphatic rings. The number of carbonyl (C=O) groups is 1. The van der Waals surface area contributed by atoms with Crippen molar-refractivity contribution in [3.63, 3.8) is 0 Å². The van der Waals surface area contributed by atoms with Gasteiger partial charge in [-0.05, 0) is 12.5 Å². The van der Waals surface area contributed by atoms with Crippen molar-refractivity contribution in [1.82, 2.24) is 5.32 Å². The molecule has 1 fully saturated rings. The van der Waals surface area contributed by atoms with Gasteiger partial charge in [-0.3, -0.25) is 4.79 Å². The highest BCUT2D eigenvalue weighted by molar-refractivity contribution is 5.79. The minimum absolute atomic E-state index is 0.113. The minimum atomic E-state index is -0.958. The number of carboxylic acid groups (broad SMARTS) is 1. The lowest BCUT2D eigenvalue weighted by Crippen LogP contribution is -2.18. The predicted octanol–water partition coefficient (Wildman–Crippen LogP) is 2.45. The standard InChI is InChI=1S/C13H11F2NO3/c14-8-4-10-7(1-2-19-10)12(15)11(8)9-3-6(5-16-9)13(17)18/h1-2,4,6,9,16H,3,5H2,(H,17,18). The summed E-state index contributed by atoms with van der Waals surface area (Å²) in [4.78, 5) is 10.9. The van der Waals surface area contributed by atoms with Crippen LogP contribution in [0.3, 0.4) is 0 Å². The van der Waals surface area contributed by atoms with Gasteiger partial charge in [0.05, 0.1) is 17.6 Å². The fourth-order valence-corrected chi connectivity index (χ4v) is 2.52. The number of halogens is 2. The molecule has 1 saturated heterocycles. The van der Waals surface area contributed by atoms with Gasteiger partial charge in [0.15, 0.2) is 0 Å². The SMILES string of the molecule is O=C(O)C1CNC(c2c(F)cc3occc3c2F)C1. The second-order valence-corrected chi connectivity index (χ2v) is 4.65. The molecular weight excluding hydrogens is 256 g/mol. The molecule has 0 aliphatic carbocycles. The minimum Gasteiger partial charge on any atom is -0.481 e. The Bertz CT molecular complexity index is 653. The molecule has 2 unspecified atom stereocenters. The normalized spacial score (nSPS) is 23.1. The number of benzene rings is 1. The highest BCUT2D eigenvalue weighted by Crippen LogP contribution is 2.34. The molecule has 2 heterocycles. The van der Waals surface area contributed by atoms with Gasteiger partial charge >= 0.3 is 5.97 Å². The van der Waals surface area contributed by atoms with Crippen molar-refractivity contribution in [3.05, 3.63) is 35.6 Å². The summed E-state index contributed by atoms with van der Waals surface area (Å²) in [6.07, 6.45) is 1.46. The van der Waals surface area contributed by atoms with Gasteiger partial charge in [-0.1, -0.05) is 0 Å². The van der Waals surface area contributed by atoms with Crippen LogP contribution in [0.2, 0.25) is 0 Å². The van der Waals surface area contributed by atoms with E-state index in [4.69, 9.17) is 9.52 Å². The summed E-state index contributed by atoms with van der Waals surface area (Å²) in [6.45, 7) is 0.211. The molecule has 19 heavy (non-hydrogen) atoms. The Labute approximate surface area is 107 Å². The van der Waals surface area contributed by atoms with Crippen LogP contribution in [0, 0.1) is 17.6 Å². The third-order valence-electron chi connectivity index (χ3n) is 3.51. The van der Waals surface area contributed by atoms with Crippen LogP contribution in [0.4, 0.5) is 8.78 Å². The lowest BCUT2D eigenvalue weighted by Gasteiger charge is -2.13. The largest absolute Gasteiger partial charge is 0.481 e. The fraction of sp³-hybridized carbons (Fsp3) is 0.308. The van der Waals surface area contributed by atoms with Crippen LogP contribution in [-0.4, -0.2) is 17.6 Å². The summed E-state index contributed by atoms with van der Waals surface area (Å²) in [6, 6.07) is 1.93. The van der Waals surface area contributed by atoms with Crippen LogP contribution in [0.15, 0.2) is 22.8 Å². The van der Waals surface area contributed by atoms with Gasteiger partial charge in [0.25, 0.3) is 0 Å². The summed E-state index contributed by atoms with van der Waals surface area (Å²) in [5, 5.41) is 12.0. The Morgan fingerprint density at radius 2 is 2.26 bits per heavy atom. The first-order chi connectivity index (χ1) is 9.08. The van der Waals surface area contributed by atoms with Crippen molar-refractivity contribution in [2.24, 2.45) is 5.92 Å². The third kappa shape index (κ3) is 1.88. The molecule has 100 valence electrons. The summed E-state index contributed by atoms with van der Waals surface area (Å²) >= 11 is 0. The second-order valence-electron chi connectivity index (χ2n) is 4.65. The average Bonchev–Trinajstić information content (AvgIpc) is 2.97. The number of hydrogen-bond acceptors (Lipinski definition) is 3. The molecule has 1 aliphatic heterocycles. The van der Waals surface area contributed by atoms with Crippen LogP contribution in [0.5, 0.6) is 0 Å². The van der Waals surface area contributed by atoms with E-state index in [0.29, 0.717) is 0 Å².